The monoisotopic (exact) mass is 425 g/mol. The van der Waals surface area contributed by atoms with Gasteiger partial charge in [-0.2, -0.15) is 17.0 Å². The quantitative estimate of drug-likeness (QED) is 0.776. The van der Waals surface area contributed by atoms with Crippen LogP contribution in [-0.2, 0) is 19.7 Å². The zero-order valence-corrected chi connectivity index (χ0v) is 17.2. The molecule has 0 saturated carbocycles. The van der Waals surface area contributed by atoms with Gasteiger partial charge < -0.3 is 14.8 Å². The first-order valence-electron chi connectivity index (χ1n) is 9.13. The van der Waals surface area contributed by atoms with Crippen molar-refractivity contribution in [3.8, 4) is 0 Å². The number of pyridine rings is 1. The van der Waals surface area contributed by atoms with Crippen molar-refractivity contribution in [2.75, 3.05) is 51.3 Å². The van der Waals surface area contributed by atoms with Crippen molar-refractivity contribution in [1.82, 2.24) is 18.6 Å². The highest BCUT2D eigenvalue weighted by atomic mass is 32.2. The van der Waals surface area contributed by atoms with Gasteiger partial charge in [0.05, 0.1) is 31.2 Å². The van der Waals surface area contributed by atoms with E-state index in [2.05, 4.69) is 15.3 Å². The summed E-state index contributed by atoms with van der Waals surface area (Å²) in [5.41, 5.74) is 1.64. The van der Waals surface area contributed by atoms with Gasteiger partial charge in [0.2, 0.25) is 0 Å². The number of aromatic nitrogens is 2. The van der Waals surface area contributed by atoms with Gasteiger partial charge in [-0.1, -0.05) is 6.07 Å². The van der Waals surface area contributed by atoms with Crippen LogP contribution in [0.3, 0.4) is 0 Å². The number of anilines is 2. The molecule has 4 heterocycles. The summed E-state index contributed by atoms with van der Waals surface area (Å²) in [6, 6.07) is 5.59. The number of morpholine rings is 2. The first kappa shape index (κ1) is 19.7. The van der Waals surface area contributed by atoms with Crippen LogP contribution in [0.1, 0.15) is 17.5 Å². The number of thiazole rings is 1. The molecule has 28 heavy (non-hydrogen) atoms. The Morgan fingerprint density at radius 2 is 1.93 bits per heavy atom. The van der Waals surface area contributed by atoms with E-state index in [1.165, 1.54) is 19.9 Å². The van der Waals surface area contributed by atoms with Crippen molar-refractivity contribution < 1.29 is 17.9 Å². The second-order valence-electron chi connectivity index (χ2n) is 6.60. The summed E-state index contributed by atoms with van der Waals surface area (Å²) in [7, 11) is -3.53. The van der Waals surface area contributed by atoms with E-state index in [1.807, 2.05) is 30.5 Å². The molecule has 1 N–H and O–H groups in total. The lowest BCUT2D eigenvalue weighted by Gasteiger charge is -2.36. The molecule has 0 unspecified atom stereocenters. The van der Waals surface area contributed by atoms with Crippen molar-refractivity contribution in [2.24, 2.45) is 0 Å². The van der Waals surface area contributed by atoms with Crippen LogP contribution >= 0.6 is 11.3 Å². The minimum atomic E-state index is -3.53. The summed E-state index contributed by atoms with van der Waals surface area (Å²) in [5.74, 6) is 0.656. The van der Waals surface area contributed by atoms with E-state index in [4.69, 9.17) is 9.47 Å². The van der Waals surface area contributed by atoms with E-state index >= 15 is 0 Å². The average Bonchev–Trinajstić information content (AvgIpc) is 3.13. The van der Waals surface area contributed by atoms with Crippen LogP contribution in [0.5, 0.6) is 0 Å². The van der Waals surface area contributed by atoms with Gasteiger partial charge >= 0.3 is 0 Å². The second-order valence-corrected chi connectivity index (χ2v) is 9.39. The molecule has 0 bridgehead atoms. The van der Waals surface area contributed by atoms with Crippen molar-refractivity contribution in [3.63, 3.8) is 0 Å². The van der Waals surface area contributed by atoms with E-state index in [-0.39, 0.29) is 6.54 Å². The van der Waals surface area contributed by atoms with Gasteiger partial charge in [-0.15, -0.1) is 11.3 Å². The molecule has 2 saturated heterocycles. The van der Waals surface area contributed by atoms with Gasteiger partial charge in [-0.25, -0.2) is 9.97 Å². The second kappa shape index (κ2) is 8.39. The number of nitrogens with one attached hydrogen (secondary N) is 1. The molecule has 2 aliphatic heterocycles. The van der Waals surface area contributed by atoms with Crippen molar-refractivity contribution in [2.45, 2.75) is 13.0 Å². The molecule has 4 rings (SSSR count). The third-order valence-corrected chi connectivity index (χ3v) is 7.48. The molecule has 0 amide bonds. The Morgan fingerprint density at radius 1 is 1.14 bits per heavy atom. The highest BCUT2D eigenvalue weighted by Crippen LogP contribution is 2.26. The van der Waals surface area contributed by atoms with Crippen LogP contribution in [0.15, 0.2) is 23.6 Å². The lowest BCUT2D eigenvalue weighted by Crippen LogP contribution is -2.52. The third-order valence-electron chi connectivity index (χ3n) is 4.61. The molecule has 2 aliphatic rings. The van der Waals surface area contributed by atoms with Gasteiger partial charge in [0.1, 0.15) is 11.9 Å². The normalized spacial score (nSPS) is 22.2. The van der Waals surface area contributed by atoms with Gasteiger partial charge in [-0.05, 0) is 19.1 Å². The van der Waals surface area contributed by atoms with Crippen LogP contribution in [0, 0.1) is 6.92 Å². The number of rotatable bonds is 5. The molecule has 9 nitrogen and oxygen atoms in total. The van der Waals surface area contributed by atoms with Gasteiger partial charge in [0, 0.05) is 31.6 Å². The smallest absolute Gasteiger partial charge is 0.282 e. The molecule has 2 aromatic heterocycles. The largest absolute Gasteiger partial charge is 0.379 e. The maximum Gasteiger partial charge on any atom is 0.282 e. The molecule has 2 fully saturated rings. The summed E-state index contributed by atoms with van der Waals surface area (Å²) < 4.78 is 39.9. The molecule has 1 atom stereocenters. The summed E-state index contributed by atoms with van der Waals surface area (Å²) >= 11 is 1.51. The van der Waals surface area contributed by atoms with Gasteiger partial charge in [0.25, 0.3) is 10.2 Å². The molecular weight excluding hydrogens is 402 g/mol. The zero-order valence-electron chi connectivity index (χ0n) is 15.6. The van der Waals surface area contributed by atoms with E-state index < -0.39 is 16.3 Å². The number of hydrogen-bond donors (Lipinski definition) is 1. The predicted octanol–water partition coefficient (Wildman–Crippen LogP) is 1.54. The topological polar surface area (TPSA) is 96.9 Å². The maximum atomic E-state index is 12.9. The molecule has 0 aromatic carbocycles. The SMILES string of the molecule is Cc1csc(Nc2cccc([C@@H]3CN(S(=O)(=O)N4CCOCC4)CCO3)n2)n1. The third kappa shape index (κ3) is 4.34. The molecule has 0 spiro atoms. The number of ether oxygens (including phenoxy) is 2. The first-order valence-corrected chi connectivity index (χ1v) is 11.4. The van der Waals surface area contributed by atoms with Crippen LogP contribution < -0.4 is 5.32 Å². The maximum absolute atomic E-state index is 12.9. The summed E-state index contributed by atoms with van der Waals surface area (Å²) in [6.45, 7) is 4.48. The molecule has 152 valence electrons. The minimum Gasteiger partial charge on any atom is -0.379 e. The van der Waals surface area contributed by atoms with Crippen LogP contribution in [0.2, 0.25) is 0 Å². The minimum absolute atomic E-state index is 0.243. The van der Waals surface area contributed by atoms with Crippen LogP contribution in [0.4, 0.5) is 10.9 Å². The highest BCUT2D eigenvalue weighted by molar-refractivity contribution is 7.86. The summed E-state index contributed by atoms with van der Waals surface area (Å²) in [6.07, 6.45) is -0.413. The Bertz CT molecular complexity index is 914. The van der Waals surface area contributed by atoms with Crippen LogP contribution in [-0.4, -0.2) is 73.0 Å². The lowest BCUT2D eigenvalue weighted by atomic mass is 10.2. The lowest BCUT2D eigenvalue weighted by molar-refractivity contribution is -0.00837. The molecule has 0 aliphatic carbocycles. The Labute approximate surface area is 168 Å². The average molecular weight is 426 g/mol. The highest BCUT2D eigenvalue weighted by Gasteiger charge is 2.35. The Hall–Kier alpha value is -1.63. The predicted molar refractivity (Wildman–Crippen MR) is 106 cm³/mol. The van der Waals surface area contributed by atoms with Crippen LogP contribution in [0.25, 0.3) is 0 Å². The van der Waals surface area contributed by atoms with Gasteiger partial charge in [0.15, 0.2) is 5.13 Å². The molecular formula is C17H23N5O4S2. The summed E-state index contributed by atoms with van der Waals surface area (Å²) in [4.78, 5) is 8.98. The standard InChI is InChI=1S/C17H23N5O4S2/c1-13-12-27-17(18-13)20-16-4-2-3-14(19-16)15-11-22(7-10-26-15)28(23,24)21-5-8-25-9-6-21/h2-4,12,15H,5-11H2,1H3,(H,18,19,20)/t15-/m0/s1. The fourth-order valence-corrected chi connectivity index (χ4v) is 5.44. The van der Waals surface area contributed by atoms with E-state index in [9.17, 15) is 8.42 Å². The Kier molecular flexibility index (Phi) is 5.90. The fraction of sp³-hybridized carbons (Fsp3) is 0.529. The number of nitrogens with zero attached hydrogens (tertiary/aromatic N) is 4. The molecule has 0 radical (unpaired) electrons. The zero-order chi connectivity index (χ0) is 19.6. The molecule has 2 aromatic rings. The van der Waals surface area contributed by atoms with E-state index in [0.29, 0.717) is 51.0 Å². The number of aryl methyl sites for hydroxylation is 1. The number of hydrogen-bond acceptors (Lipinski definition) is 8. The van der Waals surface area contributed by atoms with E-state index in [0.717, 1.165) is 10.8 Å². The first-order chi connectivity index (χ1) is 13.5. The molecule has 11 heteroatoms. The van der Waals surface area contributed by atoms with Gasteiger partial charge in [-0.3, -0.25) is 0 Å². The fourth-order valence-electron chi connectivity index (χ4n) is 3.18. The Balaban J connectivity index is 1.47. The van der Waals surface area contributed by atoms with Crippen molar-refractivity contribution in [1.29, 1.82) is 0 Å². The summed E-state index contributed by atoms with van der Waals surface area (Å²) in [5, 5.41) is 5.91. The van der Waals surface area contributed by atoms with E-state index in [1.54, 1.807) is 0 Å². The van der Waals surface area contributed by atoms with Crippen molar-refractivity contribution in [3.05, 3.63) is 35.0 Å². The van der Waals surface area contributed by atoms with Crippen molar-refractivity contribution >= 4 is 32.5 Å². The Morgan fingerprint density at radius 3 is 2.68 bits per heavy atom.